The summed E-state index contributed by atoms with van der Waals surface area (Å²) in [5.74, 6) is -2.16. The Morgan fingerprint density at radius 2 is 2.06 bits per heavy atom. The zero-order chi connectivity index (χ0) is 12.6. The predicted molar refractivity (Wildman–Crippen MR) is 61.4 cm³/mol. The molecule has 1 unspecified atom stereocenters. The Labute approximate surface area is 97.5 Å². The molecule has 1 atom stereocenters. The van der Waals surface area contributed by atoms with Crippen LogP contribution in [-0.2, 0) is 4.79 Å². The van der Waals surface area contributed by atoms with E-state index in [2.05, 4.69) is 6.58 Å². The van der Waals surface area contributed by atoms with Gasteiger partial charge in [-0.3, -0.25) is 4.79 Å². The maximum atomic E-state index is 13.1. The zero-order valence-corrected chi connectivity index (χ0v) is 9.12. The highest BCUT2D eigenvalue weighted by Gasteiger charge is 2.30. The van der Waals surface area contributed by atoms with Crippen LogP contribution in [0.1, 0.15) is 6.42 Å². The van der Waals surface area contributed by atoms with Crippen molar-refractivity contribution in [2.45, 2.75) is 6.42 Å². The van der Waals surface area contributed by atoms with E-state index in [9.17, 15) is 13.6 Å². The minimum absolute atomic E-state index is 0.0232. The van der Waals surface area contributed by atoms with Gasteiger partial charge in [0.2, 0.25) is 5.91 Å². The molecule has 1 aromatic rings. The summed E-state index contributed by atoms with van der Waals surface area (Å²) in [6.45, 7) is 4.02. The highest BCUT2D eigenvalue weighted by atomic mass is 19.2. The van der Waals surface area contributed by atoms with Crippen LogP contribution in [0.15, 0.2) is 24.8 Å². The lowest BCUT2D eigenvalue weighted by atomic mass is 10.1. The third-order valence-electron chi connectivity index (χ3n) is 2.85. The van der Waals surface area contributed by atoms with Crippen molar-refractivity contribution in [3.8, 4) is 0 Å². The number of halogens is 2. The van der Waals surface area contributed by atoms with Crippen LogP contribution in [-0.4, -0.2) is 12.5 Å². The van der Waals surface area contributed by atoms with E-state index in [1.54, 1.807) is 6.08 Å². The molecular formula is C12H12F2N2O. The van der Waals surface area contributed by atoms with Gasteiger partial charge in [0.25, 0.3) is 0 Å². The molecular weight excluding hydrogens is 226 g/mol. The summed E-state index contributed by atoms with van der Waals surface area (Å²) in [5, 5.41) is 0. The van der Waals surface area contributed by atoms with Crippen molar-refractivity contribution in [3.05, 3.63) is 36.4 Å². The lowest BCUT2D eigenvalue weighted by Crippen LogP contribution is -2.25. The zero-order valence-electron chi connectivity index (χ0n) is 9.12. The maximum absolute atomic E-state index is 13.1. The molecule has 0 aliphatic carbocycles. The van der Waals surface area contributed by atoms with E-state index in [1.165, 1.54) is 4.90 Å². The van der Waals surface area contributed by atoms with E-state index in [0.717, 1.165) is 12.1 Å². The van der Waals surface area contributed by atoms with Gasteiger partial charge in [-0.2, -0.15) is 0 Å². The number of hydrogen-bond donors (Lipinski definition) is 1. The second kappa shape index (κ2) is 4.16. The first kappa shape index (κ1) is 11.6. The molecule has 17 heavy (non-hydrogen) atoms. The highest BCUT2D eigenvalue weighted by molar-refractivity contribution is 5.98. The molecule has 1 aliphatic rings. The van der Waals surface area contributed by atoms with Gasteiger partial charge in [0.05, 0.1) is 11.4 Å². The molecule has 0 spiro atoms. The van der Waals surface area contributed by atoms with Crippen molar-refractivity contribution < 1.29 is 13.6 Å². The van der Waals surface area contributed by atoms with Gasteiger partial charge in [0.1, 0.15) is 0 Å². The van der Waals surface area contributed by atoms with Gasteiger partial charge < -0.3 is 10.6 Å². The van der Waals surface area contributed by atoms with E-state index >= 15 is 0 Å². The average molecular weight is 238 g/mol. The van der Waals surface area contributed by atoms with Gasteiger partial charge in [0, 0.05) is 31.0 Å². The Kier molecular flexibility index (Phi) is 2.83. The van der Waals surface area contributed by atoms with Crippen molar-refractivity contribution in [1.82, 2.24) is 0 Å². The Hall–Kier alpha value is -1.91. The van der Waals surface area contributed by atoms with Crippen molar-refractivity contribution in [3.63, 3.8) is 0 Å². The summed E-state index contributed by atoms with van der Waals surface area (Å²) in [6.07, 6.45) is 2.00. The molecule has 2 N–H and O–H groups in total. The van der Waals surface area contributed by atoms with Gasteiger partial charge in [0.15, 0.2) is 11.6 Å². The lowest BCUT2D eigenvalue weighted by Gasteiger charge is -2.18. The van der Waals surface area contributed by atoms with E-state index in [0.29, 0.717) is 13.0 Å². The van der Waals surface area contributed by atoms with Crippen LogP contribution in [0.25, 0.3) is 0 Å². The number of nitrogens with two attached hydrogens (primary N) is 1. The van der Waals surface area contributed by atoms with Gasteiger partial charge in [-0.15, -0.1) is 6.58 Å². The van der Waals surface area contributed by atoms with Crippen molar-refractivity contribution in [2.75, 3.05) is 17.2 Å². The molecule has 3 nitrogen and oxygen atoms in total. The van der Waals surface area contributed by atoms with Crippen LogP contribution in [0.4, 0.5) is 20.2 Å². The van der Waals surface area contributed by atoms with Gasteiger partial charge in [-0.05, 0) is 0 Å². The average Bonchev–Trinajstić information content (AvgIpc) is 2.65. The number of carbonyl (C=O) groups excluding carboxylic acids is 1. The molecule has 1 fully saturated rings. The molecule has 90 valence electrons. The molecule has 1 amide bonds. The molecule has 0 radical (unpaired) electrons. The number of nitrogen functional groups attached to an aromatic ring is 1. The summed E-state index contributed by atoms with van der Waals surface area (Å²) in [5.41, 5.74) is 5.87. The van der Waals surface area contributed by atoms with E-state index in [-0.39, 0.29) is 23.2 Å². The van der Waals surface area contributed by atoms with Crippen LogP contribution >= 0.6 is 0 Å². The first-order chi connectivity index (χ1) is 8.02. The normalized spacial score (nSPS) is 19.8. The summed E-state index contributed by atoms with van der Waals surface area (Å²) >= 11 is 0. The van der Waals surface area contributed by atoms with E-state index in [4.69, 9.17) is 5.73 Å². The summed E-state index contributed by atoms with van der Waals surface area (Å²) < 4.78 is 26.0. The van der Waals surface area contributed by atoms with Crippen LogP contribution in [0.3, 0.4) is 0 Å². The fourth-order valence-corrected chi connectivity index (χ4v) is 1.91. The molecule has 0 bridgehead atoms. The van der Waals surface area contributed by atoms with Crippen LogP contribution < -0.4 is 10.6 Å². The predicted octanol–water partition coefficient (Wildman–Crippen LogP) is 2.09. The largest absolute Gasteiger partial charge is 0.397 e. The number of hydrogen-bond acceptors (Lipinski definition) is 2. The Bertz CT molecular complexity index is 488. The van der Waals surface area contributed by atoms with Gasteiger partial charge >= 0.3 is 0 Å². The number of carbonyl (C=O) groups is 1. The number of nitrogens with zero attached hydrogens (tertiary/aromatic N) is 1. The van der Waals surface area contributed by atoms with Crippen molar-refractivity contribution in [1.29, 1.82) is 0 Å². The third kappa shape index (κ3) is 2.00. The van der Waals surface area contributed by atoms with Gasteiger partial charge in [-0.1, -0.05) is 6.08 Å². The maximum Gasteiger partial charge on any atom is 0.227 e. The van der Waals surface area contributed by atoms with Crippen molar-refractivity contribution in [2.24, 2.45) is 5.92 Å². The number of anilines is 2. The summed E-state index contributed by atoms with van der Waals surface area (Å²) in [6, 6.07) is 1.84. The van der Waals surface area contributed by atoms with E-state index in [1.807, 2.05) is 0 Å². The second-order valence-electron chi connectivity index (χ2n) is 4.03. The number of rotatable bonds is 2. The minimum Gasteiger partial charge on any atom is -0.397 e. The Morgan fingerprint density at radius 3 is 2.65 bits per heavy atom. The molecule has 1 heterocycles. The molecule has 1 saturated heterocycles. The molecule has 0 aromatic heterocycles. The Balaban J connectivity index is 2.38. The minimum atomic E-state index is -1.02. The highest BCUT2D eigenvalue weighted by Crippen LogP contribution is 2.31. The fourth-order valence-electron chi connectivity index (χ4n) is 1.91. The SMILES string of the molecule is C=CC1CC(=O)N(c2cc(F)c(F)cc2N)C1. The van der Waals surface area contributed by atoms with Gasteiger partial charge in [-0.25, -0.2) is 8.78 Å². The fraction of sp³-hybridized carbons (Fsp3) is 0.250. The second-order valence-corrected chi connectivity index (χ2v) is 4.03. The summed E-state index contributed by atoms with van der Waals surface area (Å²) in [7, 11) is 0. The standard InChI is InChI=1S/C12H12F2N2O/c1-2-7-3-12(17)16(6-7)11-5-9(14)8(13)4-10(11)15/h2,4-5,7H,1,3,6,15H2. The Morgan fingerprint density at radius 1 is 1.41 bits per heavy atom. The topological polar surface area (TPSA) is 46.3 Å². The number of amides is 1. The smallest absolute Gasteiger partial charge is 0.227 e. The lowest BCUT2D eigenvalue weighted by molar-refractivity contribution is -0.117. The molecule has 1 aromatic carbocycles. The first-order valence-corrected chi connectivity index (χ1v) is 5.20. The molecule has 0 saturated carbocycles. The quantitative estimate of drug-likeness (QED) is 0.633. The number of benzene rings is 1. The van der Waals surface area contributed by atoms with E-state index < -0.39 is 11.6 Å². The van der Waals surface area contributed by atoms with Crippen LogP contribution in [0.2, 0.25) is 0 Å². The molecule has 1 aliphatic heterocycles. The van der Waals surface area contributed by atoms with Crippen LogP contribution in [0, 0.1) is 17.6 Å². The first-order valence-electron chi connectivity index (χ1n) is 5.20. The third-order valence-corrected chi connectivity index (χ3v) is 2.85. The van der Waals surface area contributed by atoms with Crippen LogP contribution in [0.5, 0.6) is 0 Å². The summed E-state index contributed by atoms with van der Waals surface area (Å²) in [4.78, 5) is 13.1. The molecule has 2 rings (SSSR count). The monoisotopic (exact) mass is 238 g/mol. The van der Waals surface area contributed by atoms with Crippen molar-refractivity contribution >= 4 is 17.3 Å². The molecule has 5 heteroatoms.